The quantitative estimate of drug-likeness (QED) is 0.465. The number of hydrogen-bond acceptors (Lipinski definition) is 6. The van der Waals surface area contributed by atoms with Crippen LogP contribution in [0.25, 0.3) is 0 Å². The van der Waals surface area contributed by atoms with Crippen molar-refractivity contribution in [3.63, 3.8) is 0 Å². The van der Waals surface area contributed by atoms with Crippen molar-refractivity contribution in [2.75, 3.05) is 13.7 Å². The maximum atomic E-state index is 14.0. The van der Waals surface area contributed by atoms with Crippen molar-refractivity contribution >= 4 is 15.8 Å². The first-order valence-corrected chi connectivity index (χ1v) is 7.22. The Bertz CT molecular complexity index is 719. The third-order valence-corrected chi connectivity index (χ3v) is 4.14. The average Bonchev–Trinajstić information content (AvgIpc) is 2.47. The molecule has 0 atom stereocenters. The van der Waals surface area contributed by atoms with Crippen LogP contribution in [0.15, 0.2) is 34.3 Å². The Morgan fingerprint density at radius 2 is 2.14 bits per heavy atom. The van der Waals surface area contributed by atoms with Gasteiger partial charge in [-0.1, -0.05) is 6.07 Å². The monoisotopic (exact) mass is 313 g/mol. The van der Waals surface area contributed by atoms with E-state index in [1.165, 1.54) is 12.1 Å². The van der Waals surface area contributed by atoms with Crippen LogP contribution in [0.2, 0.25) is 0 Å². The minimum absolute atomic E-state index is 0.108. The van der Waals surface area contributed by atoms with Gasteiger partial charge in [0.2, 0.25) is 9.84 Å². The van der Waals surface area contributed by atoms with Gasteiger partial charge in [-0.3, -0.25) is 0 Å². The molecule has 1 rings (SSSR count). The first kappa shape index (κ1) is 16.7. The smallest absolute Gasteiger partial charge is 0.353 e. The van der Waals surface area contributed by atoms with Crippen LogP contribution in [0.4, 0.5) is 4.39 Å². The van der Waals surface area contributed by atoms with Gasteiger partial charge in [0.1, 0.15) is 17.2 Å². The number of methoxy groups -OCH3 is 1. The molecule has 21 heavy (non-hydrogen) atoms. The van der Waals surface area contributed by atoms with Crippen molar-refractivity contribution in [2.45, 2.75) is 11.8 Å². The van der Waals surface area contributed by atoms with Crippen molar-refractivity contribution < 1.29 is 27.1 Å². The van der Waals surface area contributed by atoms with E-state index in [0.29, 0.717) is 6.26 Å². The fourth-order valence-electron chi connectivity index (χ4n) is 1.40. The highest BCUT2D eigenvalue weighted by Crippen LogP contribution is 2.25. The molecule has 0 aliphatic rings. The van der Waals surface area contributed by atoms with Crippen molar-refractivity contribution in [1.29, 1.82) is 5.26 Å². The summed E-state index contributed by atoms with van der Waals surface area (Å²) < 4.78 is 47.8. The molecule has 1 aromatic carbocycles. The Balaban J connectivity index is 3.51. The summed E-state index contributed by atoms with van der Waals surface area (Å²) in [4.78, 5) is 9.93. The Kier molecular flexibility index (Phi) is 5.44. The van der Waals surface area contributed by atoms with E-state index in [4.69, 9.17) is 10.00 Å². The van der Waals surface area contributed by atoms with Gasteiger partial charge < -0.3 is 9.47 Å². The lowest BCUT2D eigenvalue weighted by atomic mass is 10.2. The second kappa shape index (κ2) is 6.85. The fraction of sp³-hybridized carbons (Fsp3) is 0.231. The number of benzene rings is 1. The maximum absolute atomic E-state index is 14.0. The number of rotatable bonds is 5. The number of nitrogens with zero attached hydrogens (tertiary/aromatic N) is 1. The molecule has 0 aliphatic heterocycles. The number of sulfone groups is 1. The Morgan fingerprint density at radius 3 is 2.67 bits per heavy atom. The largest absolute Gasteiger partial charge is 0.500 e. The average molecular weight is 313 g/mol. The molecule has 0 bridgehead atoms. The third kappa shape index (κ3) is 3.38. The number of carbonyl (C=O) groups excluding carboxylic acids is 1. The van der Waals surface area contributed by atoms with E-state index < -0.39 is 37.0 Å². The second-order valence-electron chi connectivity index (χ2n) is 3.66. The SMILES string of the molecule is CCOC=C(C(=O)OC)S(=O)(=O)c1cccc(C#N)c1F. The number of ether oxygens (including phenoxy) is 2. The normalized spacial score (nSPS) is 11.6. The van der Waals surface area contributed by atoms with Gasteiger partial charge in [-0.25, -0.2) is 17.6 Å². The van der Waals surface area contributed by atoms with E-state index in [2.05, 4.69) is 4.74 Å². The highest BCUT2D eigenvalue weighted by Gasteiger charge is 2.32. The van der Waals surface area contributed by atoms with Gasteiger partial charge in [0.25, 0.3) is 0 Å². The summed E-state index contributed by atoms with van der Waals surface area (Å²) in [5.41, 5.74) is -0.447. The molecule has 0 radical (unpaired) electrons. The van der Waals surface area contributed by atoms with Crippen LogP contribution < -0.4 is 0 Å². The van der Waals surface area contributed by atoms with Crippen molar-refractivity contribution in [3.8, 4) is 6.07 Å². The van der Waals surface area contributed by atoms with Crippen LogP contribution in [0.5, 0.6) is 0 Å². The standard InChI is InChI=1S/C13H12FNO5S/c1-3-20-8-11(13(16)19-2)21(17,18)10-6-4-5-9(7-15)12(10)14/h4-6,8H,3H2,1-2H3. The zero-order valence-corrected chi connectivity index (χ0v) is 12.1. The van der Waals surface area contributed by atoms with Gasteiger partial charge in [0, 0.05) is 0 Å². The Morgan fingerprint density at radius 1 is 1.48 bits per heavy atom. The molecule has 0 unspecified atom stereocenters. The highest BCUT2D eigenvalue weighted by atomic mass is 32.2. The molecule has 0 heterocycles. The molecule has 1 aromatic rings. The summed E-state index contributed by atoms with van der Waals surface area (Å²) in [6.07, 6.45) is 0.694. The lowest BCUT2D eigenvalue weighted by Crippen LogP contribution is -2.17. The summed E-state index contributed by atoms with van der Waals surface area (Å²) in [6, 6.07) is 4.80. The number of nitriles is 1. The highest BCUT2D eigenvalue weighted by molar-refractivity contribution is 7.96. The van der Waals surface area contributed by atoms with Crippen LogP contribution in [0, 0.1) is 17.1 Å². The molecule has 0 N–H and O–H groups in total. The molecule has 112 valence electrons. The molecule has 0 spiro atoms. The molecule has 6 nitrogen and oxygen atoms in total. The molecule has 0 amide bonds. The molecular weight excluding hydrogens is 301 g/mol. The minimum Gasteiger partial charge on any atom is -0.500 e. The van der Waals surface area contributed by atoms with E-state index in [1.54, 1.807) is 6.92 Å². The van der Waals surface area contributed by atoms with Gasteiger partial charge in [0.15, 0.2) is 10.7 Å². The molecule has 0 saturated carbocycles. The molecule has 0 saturated heterocycles. The van der Waals surface area contributed by atoms with E-state index in [0.717, 1.165) is 19.2 Å². The zero-order chi connectivity index (χ0) is 16.0. The van der Waals surface area contributed by atoms with Crippen LogP contribution in [-0.4, -0.2) is 28.1 Å². The van der Waals surface area contributed by atoms with E-state index in [1.807, 2.05) is 0 Å². The van der Waals surface area contributed by atoms with Crippen LogP contribution >= 0.6 is 0 Å². The van der Waals surface area contributed by atoms with Gasteiger partial charge in [0.05, 0.1) is 19.3 Å². The van der Waals surface area contributed by atoms with Gasteiger partial charge in [-0.2, -0.15) is 5.26 Å². The molecule has 0 aromatic heterocycles. The van der Waals surface area contributed by atoms with E-state index in [9.17, 15) is 17.6 Å². The van der Waals surface area contributed by atoms with Gasteiger partial charge in [-0.15, -0.1) is 0 Å². The van der Waals surface area contributed by atoms with Crippen molar-refractivity contribution in [1.82, 2.24) is 0 Å². The predicted octanol–water partition coefficient (Wildman–Crippen LogP) is 1.52. The fourth-order valence-corrected chi connectivity index (χ4v) is 2.74. The second-order valence-corrected chi connectivity index (χ2v) is 5.55. The molecule has 0 fully saturated rings. The van der Waals surface area contributed by atoms with Crippen LogP contribution in [-0.2, 0) is 24.1 Å². The number of carbonyl (C=O) groups is 1. The molecular formula is C13H12FNO5S. The van der Waals surface area contributed by atoms with E-state index >= 15 is 0 Å². The first-order chi connectivity index (χ1) is 9.89. The number of halogens is 1. The molecule has 8 heteroatoms. The number of esters is 1. The van der Waals surface area contributed by atoms with Crippen molar-refractivity contribution in [2.24, 2.45) is 0 Å². The number of hydrogen-bond donors (Lipinski definition) is 0. The summed E-state index contributed by atoms with van der Waals surface area (Å²) in [5.74, 6) is -2.42. The molecule has 0 aliphatic carbocycles. The van der Waals surface area contributed by atoms with E-state index in [-0.39, 0.29) is 6.61 Å². The van der Waals surface area contributed by atoms with Crippen LogP contribution in [0.3, 0.4) is 0 Å². The van der Waals surface area contributed by atoms with Crippen molar-refractivity contribution in [3.05, 3.63) is 40.7 Å². The Hall–Kier alpha value is -2.40. The maximum Gasteiger partial charge on any atom is 0.353 e. The summed E-state index contributed by atoms with van der Waals surface area (Å²) in [6.45, 7) is 1.69. The Labute approximate surface area is 121 Å². The first-order valence-electron chi connectivity index (χ1n) is 5.73. The summed E-state index contributed by atoms with van der Waals surface area (Å²) in [7, 11) is -3.53. The topological polar surface area (TPSA) is 93.5 Å². The van der Waals surface area contributed by atoms with Gasteiger partial charge >= 0.3 is 5.97 Å². The zero-order valence-electron chi connectivity index (χ0n) is 11.3. The van der Waals surface area contributed by atoms with Crippen LogP contribution in [0.1, 0.15) is 12.5 Å². The summed E-state index contributed by atoms with van der Waals surface area (Å²) >= 11 is 0. The summed E-state index contributed by atoms with van der Waals surface area (Å²) in [5, 5.41) is 8.73. The lowest BCUT2D eigenvalue weighted by molar-refractivity contribution is -0.135. The predicted molar refractivity (Wildman–Crippen MR) is 70.0 cm³/mol. The van der Waals surface area contributed by atoms with Gasteiger partial charge in [-0.05, 0) is 19.1 Å². The third-order valence-electron chi connectivity index (χ3n) is 2.41. The lowest BCUT2D eigenvalue weighted by Gasteiger charge is -2.09. The minimum atomic E-state index is -4.51.